The van der Waals surface area contributed by atoms with Crippen molar-refractivity contribution in [1.82, 2.24) is 20.2 Å². The van der Waals surface area contributed by atoms with Gasteiger partial charge < -0.3 is 20.3 Å². The maximum atomic E-state index is 13.2. The summed E-state index contributed by atoms with van der Waals surface area (Å²) in [5.41, 5.74) is 1.29. The highest BCUT2D eigenvalue weighted by Crippen LogP contribution is 2.54. The fraction of sp³-hybridized carbons (Fsp3) is 0.481. The molecule has 208 valence electrons. The van der Waals surface area contributed by atoms with E-state index in [1.54, 1.807) is 35.5 Å². The Bertz CT molecular complexity index is 1270. The molecule has 1 aliphatic heterocycles. The summed E-state index contributed by atoms with van der Waals surface area (Å²) >= 11 is 12.3. The molecule has 0 unspecified atom stereocenters. The number of aryl methyl sites for hydroxylation is 1. The zero-order chi connectivity index (χ0) is 28.3. The number of anilines is 1. The molecule has 2 heterocycles. The van der Waals surface area contributed by atoms with Crippen LogP contribution < -0.4 is 15.4 Å². The van der Waals surface area contributed by atoms with Gasteiger partial charge in [0.05, 0.1) is 6.54 Å². The van der Waals surface area contributed by atoms with Crippen LogP contribution in [0.5, 0.6) is 5.75 Å². The Morgan fingerprint density at radius 2 is 1.95 bits per heavy atom. The molecular formula is C27H32Cl2N6O4. The van der Waals surface area contributed by atoms with Gasteiger partial charge in [0.2, 0.25) is 11.8 Å². The van der Waals surface area contributed by atoms with Crippen molar-refractivity contribution < 1.29 is 19.1 Å². The van der Waals surface area contributed by atoms with Crippen molar-refractivity contribution in [3.8, 4) is 5.75 Å². The number of hydrogen-bond donors (Lipinski definition) is 3. The maximum Gasteiger partial charge on any atom is 0.243 e. The monoisotopic (exact) mass is 574 g/mol. The van der Waals surface area contributed by atoms with Gasteiger partial charge in [-0.1, -0.05) is 0 Å². The number of benzene rings is 1. The van der Waals surface area contributed by atoms with Crippen LogP contribution in [0.4, 0.5) is 5.69 Å². The SMILES string of the molecule is CC(=O)C(=N)c1cc(OCc2ncccn2)c(C)cc1NCC(=O)N1CCC[C@H]1C(=O)N[C@H](C)[C@H]1CC1(Cl)Cl. The molecule has 0 radical (unpaired) electrons. The quantitative estimate of drug-likeness (QED) is 0.276. The Morgan fingerprint density at radius 1 is 1.26 bits per heavy atom. The average Bonchev–Trinajstić information content (AvgIpc) is 3.29. The summed E-state index contributed by atoms with van der Waals surface area (Å²) < 4.78 is 5.06. The van der Waals surface area contributed by atoms with Crippen molar-refractivity contribution in [1.29, 1.82) is 5.41 Å². The van der Waals surface area contributed by atoms with Gasteiger partial charge in [-0.25, -0.2) is 9.97 Å². The molecule has 1 saturated carbocycles. The van der Waals surface area contributed by atoms with Gasteiger partial charge in [-0.05, 0) is 56.9 Å². The second-order valence-electron chi connectivity index (χ2n) is 10.0. The number of ketones is 1. The topological polar surface area (TPSA) is 137 Å². The van der Waals surface area contributed by atoms with Crippen molar-refractivity contribution in [2.24, 2.45) is 5.92 Å². The third kappa shape index (κ3) is 6.86. The summed E-state index contributed by atoms with van der Waals surface area (Å²) in [7, 11) is 0. The van der Waals surface area contributed by atoms with Crippen LogP contribution in [0.15, 0.2) is 30.6 Å². The third-order valence-corrected chi connectivity index (χ3v) is 7.94. The van der Waals surface area contributed by atoms with Crippen molar-refractivity contribution in [3.63, 3.8) is 0 Å². The van der Waals surface area contributed by atoms with E-state index in [0.29, 0.717) is 48.6 Å². The lowest BCUT2D eigenvalue weighted by molar-refractivity contribution is -0.137. The number of nitrogens with one attached hydrogen (secondary N) is 3. The number of amides is 2. The molecule has 12 heteroatoms. The standard InChI is InChI=1S/C27H32Cl2N6O4/c1-15-10-20(18(25(30)17(3)36)11-22(15)39-14-23-31-7-5-8-32-23)33-13-24(37)35-9-4-6-21(35)26(38)34-16(2)19-12-27(19,28)29/h5,7-8,10-11,16,19,21,30,33H,4,6,9,12-14H2,1-3H3,(H,34,38)/t16-,19-,21+/m1/s1. The number of hydrogen-bond acceptors (Lipinski definition) is 8. The van der Waals surface area contributed by atoms with Gasteiger partial charge in [0.15, 0.2) is 11.6 Å². The van der Waals surface area contributed by atoms with Crippen LogP contribution in [0.2, 0.25) is 0 Å². The fourth-order valence-electron chi connectivity index (χ4n) is 4.74. The highest BCUT2D eigenvalue weighted by Gasteiger charge is 2.55. The summed E-state index contributed by atoms with van der Waals surface area (Å²) in [5.74, 6) is 0.0537. The Balaban J connectivity index is 1.43. The first-order valence-electron chi connectivity index (χ1n) is 12.8. The van der Waals surface area contributed by atoms with Crippen LogP contribution in [0.25, 0.3) is 0 Å². The fourth-order valence-corrected chi connectivity index (χ4v) is 5.45. The average molecular weight is 575 g/mol. The minimum absolute atomic E-state index is 0.0116. The first-order chi connectivity index (χ1) is 18.5. The molecule has 0 spiro atoms. The molecule has 2 amide bonds. The highest BCUT2D eigenvalue weighted by molar-refractivity contribution is 6.51. The van der Waals surface area contributed by atoms with Gasteiger partial charge in [-0.15, -0.1) is 23.2 Å². The lowest BCUT2D eigenvalue weighted by Crippen LogP contribution is -2.50. The molecule has 2 aliphatic rings. The summed E-state index contributed by atoms with van der Waals surface area (Å²) in [4.78, 5) is 48.0. The molecule has 1 saturated heterocycles. The lowest BCUT2D eigenvalue weighted by atomic mass is 10.0. The molecule has 2 fully saturated rings. The number of halogens is 2. The molecule has 10 nitrogen and oxygen atoms in total. The molecule has 4 rings (SSSR count). The predicted molar refractivity (Wildman–Crippen MR) is 148 cm³/mol. The summed E-state index contributed by atoms with van der Waals surface area (Å²) in [6, 6.07) is 4.28. The second kappa shape index (κ2) is 11.9. The lowest BCUT2D eigenvalue weighted by Gasteiger charge is -2.26. The van der Waals surface area contributed by atoms with Crippen molar-refractivity contribution in [2.75, 3.05) is 18.4 Å². The minimum Gasteiger partial charge on any atom is -0.485 e. The Labute approximate surface area is 237 Å². The Kier molecular flexibility index (Phi) is 8.76. The van der Waals surface area contributed by atoms with Crippen LogP contribution in [0.3, 0.4) is 0 Å². The summed E-state index contributed by atoms with van der Waals surface area (Å²) in [6.45, 7) is 5.48. The molecule has 0 bridgehead atoms. The second-order valence-corrected chi connectivity index (χ2v) is 11.6. The first-order valence-corrected chi connectivity index (χ1v) is 13.6. The number of likely N-dealkylation sites (tertiary alicyclic amines) is 1. The van der Waals surface area contributed by atoms with Gasteiger partial charge in [0.25, 0.3) is 0 Å². The largest absolute Gasteiger partial charge is 0.485 e. The number of carbonyl (C=O) groups is 3. The van der Waals surface area contributed by atoms with Crippen LogP contribution in [0, 0.1) is 18.3 Å². The van der Waals surface area contributed by atoms with E-state index in [1.165, 1.54) is 6.92 Å². The smallest absolute Gasteiger partial charge is 0.243 e. The van der Waals surface area contributed by atoms with Crippen molar-refractivity contribution in [3.05, 3.63) is 47.5 Å². The van der Waals surface area contributed by atoms with E-state index in [4.69, 9.17) is 33.3 Å². The van der Waals surface area contributed by atoms with Gasteiger partial charge in [-0.2, -0.15) is 0 Å². The normalized spacial score (nSPS) is 20.2. The first kappa shape index (κ1) is 28.8. The third-order valence-electron chi connectivity index (χ3n) is 7.07. The van der Waals surface area contributed by atoms with Crippen LogP contribution in [0.1, 0.15) is 50.1 Å². The molecule has 3 N–H and O–H groups in total. The number of aromatic nitrogens is 2. The number of Topliss-reactive ketones (excluding diaryl/α,β-unsaturated/α-hetero) is 1. The number of alkyl halides is 2. The summed E-state index contributed by atoms with van der Waals surface area (Å²) in [6.07, 6.45) is 5.14. The molecule has 3 atom stereocenters. The molecule has 2 aromatic rings. The van der Waals surface area contributed by atoms with Crippen LogP contribution >= 0.6 is 23.2 Å². The van der Waals surface area contributed by atoms with Crippen molar-refractivity contribution >= 4 is 52.2 Å². The minimum atomic E-state index is -0.804. The van der Waals surface area contributed by atoms with Crippen LogP contribution in [-0.4, -0.2) is 67.7 Å². The Morgan fingerprint density at radius 3 is 2.59 bits per heavy atom. The summed E-state index contributed by atoms with van der Waals surface area (Å²) in [5, 5.41) is 14.4. The van der Waals surface area contributed by atoms with Gasteiger partial charge >= 0.3 is 0 Å². The molecule has 1 aromatic heterocycles. The van der Waals surface area contributed by atoms with Gasteiger partial charge in [-0.3, -0.25) is 19.8 Å². The number of nitrogens with zero attached hydrogens (tertiary/aromatic N) is 3. The van der Waals surface area contributed by atoms with E-state index >= 15 is 0 Å². The van der Waals surface area contributed by atoms with Crippen LogP contribution in [-0.2, 0) is 21.0 Å². The maximum absolute atomic E-state index is 13.2. The molecule has 1 aliphatic carbocycles. The van der Waals surface area contributed by atoms with E-state index in [-0.39, 0.29) is 42.6 Å². The zero-order valence-electron chi connectivity index (χ0n) is 22.1. The van der Waals surface area contributed by atoms with E-state index in [2.05, 4.69) is 20.6 Å². The number of ether oxygens (including phenoxy) is 1. The number of carbonyl (C=O) groups excluding carboxylic acids is 3. The highest BCUT2D eigenvalue weighted by atomic mass is 35.5. The van der Waals surface area contributed by atoms with E-state index < -0.39 is 16.2 Å². The Hall–Kier alpha value is -3.24. The van der Waals surface area contributed by atoms with E-state index in [9.17, 15) is 14.4 Å². The van der Waals surface area contributed by atoms with E-state index in [0.717, 1.165) is 5.56 Å². The van der Waals surface area contributed by atoms with Gasteiger partial charge in [0.1, 0.15) is 28.4 Å². The predicted octanol–water partition coefficient (Wildman–Crippen LogP) is 3.42. The van der Waals surface area contributed by atoms with E-state index in [1.807, 2.05) is 13.8 Å². The number of rotatable bonds is 11. The van der Waals surface area contributed by atoms with Crippen molar-refractivity contribution in [2.45, 2.75) is 63.1 Å². The molecule has 39 heavy (non-hydrogen) atoms. The zero-order valence-corrected chi connectivity index (χ0v) is 23.6. The molecular weight excluding hydrogens is 543 g/mol. The molecule has 1 aromatic carbocycles. The van der Waals surface area contributed by atoms with Gasteiger partial charge in [0, 0.05) is 49.1 Å².